The average molecular weight is 370 g/mol. The minimum Gasteiger partial charge on any atom is -0.744 e. The van der Waals surface area contributed by atoms with Crippen molar-refractivity contribution in [1.82, 2.24) is 0 Å². The van der Waals surface area contributed by atoms with Crippen LogP contribution in [0.2, 0.25) is 0 Å². The fourth-order valence-corrected chi connectivity index (χ4v) is 3.94. The minimum atomic E-state index is -4.45. The molecule has 0 bridgehead atoms. The number of rotatable bonds is 9. The van der Waals surface area contributed by atoms with Crippen LogP contribution in [0.3, 0.4) is 0 Å². The summed E-state index contributed by atoms with van der Waals surface area (Å²) in [5.74, 6) is 0. The van der Waals surface area contributed by atoms with Crippen molar-refractivity contribution in [1.29, 1.82) is 0 Å². The monoisotopic (exact) mass is 370 g/mol. The topological polar surface area (TPSA) is 57.2 Å². The van der Waals surface area contributed by atoms with Crippen molar-refractivity contribution in [3.8, 4) is 0 Å². The summed E-state index contributed by atoms with van der Waals surface area (Å²) in [6.45, 7) is 4.27. The molecule has 0 atom stereocenters. The molecule has 0 saturated carbocycles. The van der Waals surface area contributed by atoms with E-state index in [1.807, 2.05) is 24.3 Å². The van der Waals surface area contributed by atoms with Crippen molar-refractivity contribution in [2.24, 2.45) is 0 Å². The fraction of sp³-hybridized carbons (Fsp3) is 0.500. The van der Waals surface area contributed by atoms with Gasteiger partial charge in [-0.15, -0.1) is 0 Å². The van der Waals surface area contributed by atoms with Gasteiger partial charge >= 0.3 is 29.6 Å². The van der Waals surface area contributed by atoms with E-state index in [9.17, 15) is 13.0 Å². The molecule has 0 aliphatic carbocycles. The van der Waals surface area contributed by atoms with Gasteiger partial charge in [0.1, 0.15) is 10.1 Å². The maximum atomic E-state index is 11.7. The summed E-state index contributed by atoms with van der Waals surface area (Å²) in [7, 11) is -4.45. The molecule has 0 unspecified atom stereocenters. The van der Waals surface area contributed by atoms with Crippen LogP contribution in [0.15, 0.2) is 35.2 Å². The SMILES string of the molecule is CCCCCc1cc2cccc(CCCCC)c2cc1S(=O)(=O)[O-].[Na+]. The predicted molar refractivity (Wildman–Crippen MR) is 98.4 cm³/mol. The van der Waals surface area contributed by atoms with Gasteiger partial charge < -0.3 is 4.55 Å². The third-order valence-corrected chi connectivity index (χ3v) is 5.44. The number of fused-ring (bicyclic) bond motifs is 1. The molecule has 0 N–H and O–H groups in total. The zero-order chi connectivity index (χ0) is 17.6. The Morgan fingerprint density at radius 1 is 0.880 bits per heavy atom. The van der Waals surface area contributed by atoms with Crippen molar-refractivity contribution >= 4 is 20.9 Å². The summed E-state index contributed by atoms with van der Waals surface area (Å²) in [4.78, 5) is -0.0333. The first-order chi connectivity index (χ1) is 11.5. The molecule has 0 aliphatic rings. The van der Waals surface area contributed by atoms with Crippen LogP contribution >= 0.6 is 0 Å². The molecule has 0 spiro atoms. The van der Waals surface area contributed by atoms with Gasteiger partial charge in [0, 0.05) is 0 Å². The Morgan fingerprint density at radius 3 is 2.04 bits per heavy atom. The third kappa shape index (κ3) is 6.37. The molecular formula is C20H27NaO3S. The van der Waals surface area contributed by atoms with Crippen molar-refractivity contribution in [3.05, 3.63) is 41.5 Å². The zero-order valence-electron chi connectivity index (χ0n) is 15.7. The van der Waals surface area contributed by atoms with Crippen LogP contribution in [0.1, 0.15) is 63.5 Å². The van der Waals surface area contributed by atoms with E-state index in [1.165, 1.54) is 0 Å². The smallest absolute Gasteiger partial charge is 0.744 e. The van der Waals surface area contributed by atoms with Gasteiger partial charge in [0.05, 0.1) is 4.90 Å². The molecule has 0 amide bonds. The first-order valence-electron chi connectivity index (χ1n) is 8.97. The summed E-state index contributed by atoms with van der Waals surface area (Å²) in [5, 5.41) is 1.94. The van der Waals surface area contributed by atoms with Gasteiger partial charge in [-0.05, 0) is 59.7 Å². The van der Waals surface area contributed by atoms with E-state index >= 15 is 0 Å². The molecule has 0 saturated heterocycles. The number of benzene rings is 2. The van der Waals surface area contributed by atoms with Gasteiger partial charge in [-0.1, -0.05) is 57.7 Å². The van der Waals surface area contributed by atoms with Crippen molar-refractivity contribution < 1.29 is 42.5 Å². The standard InChI is InChI=1S/C20H28O3S.Na/c1-3-5-7-10-16-12-9-13-17-14-18(11-8-6-4-2)20(15-19(16)17)24(21,22)23;/h9,12-15H,3-8,10-11H2,1-2H3,(H,21,22,23);/q;+1/p-1. The fourth-order valence-electron chi connectivity index (χ4n) is 3.19. The van der Waals surface area contributed by atoms with E-state index in [4.69, 9.17) is 0 Å². The summed E-state index contributed by atoms with van der Waals surface area (Å²) in [6, 6.07) is 9.57. The quantitative estimate of drug-likeness (QED) is 0.386. The Bertz CT molecular complexity index is 785. The van der Waals surface area contributed by atoms with Gasteiger partial charge in [-0.3, -0.25) is 0 Å². The maximum Gasteiger partial charge on any atom is 1.00 e. The van der Waals surface area contributed by atoms with Crippen LogP contribution < -0.4 is 29.6 Å². The molecule has 2 aromatic rings. The van der Waals surface area contributed by atoms with Crippen molar-refractivity contribution in [3.63, 3.8) is 0 Å². The molecule has 5 heteroatoms. The maximum absolute atomic E-state index is 11.7. The van der Waals surface area contributed by atoms with Crippen molar-refractivity contribution in [2.45, 2.75) is 70.1 Å². The molecule has 2 rings (SSSR count). The van der Waals surface area contributed by atoms with Gasteiger partial charge in [0.25, 0.3) is 0 Å². The molecule has 0 aromatic heterocycles. The van der Waals surface area contributed by atoms with E-state index in [-0.39, 0.29) is 34.5 Å². The van der Waals surface area contributed by atoms with E-state index in [1.54, 1.807) is 6.07 Å². The van der Waals surface area contributed by atoms with Gasteiger partial charge in [-0.25, -0.2) is 8.42 Å². The molecule has 132 valence electrons. The molecular weight excluding hydrogens is 343 g/mol. The van der Waals surface area contributed by atoms with Crippen LogP contribution in [-0.4, -0.2) is 13.0 Å². The Labute approximate surface area is 174 Å². The van der Waals surface area contributed by atoms with Gasteiger partial charge in [0.2, 0.25) is 0 Å². The van der Waals surface area contributed by atoms with Crippen LogP contribution in [0.25, 0.3) is 10.8 Å². The molecule has 25 heavy (non-hydrogen) atoms. The summed E-state index contributed by atoms with van der Waals surface area (Å²) < 4.78 is 35.2. The molecule has 0 aliphatic heterocycles. The Kier molecular flexibility index (Phi) is 9.68. The first kappa shape index (κ1) is 22.7. The number of aryl methyl sites for hydroxylation is 2. The minimum absolute atomic E-state index is 0. The van der Waals surface area contributed by atoms with E-state index in [2.05, 4.69) is 13.8 Å². The normalized spacial score (nSPS) is 11.5. The van der Waals surface area contributed by atoms with Crippen LogP contribution in [0.4, 0.5) is 0 Å². The van der Waals surface area contributed by atoms with E-state index in [0.717, 1.165) is 61.3 Å². The third-order valence-electron chi connectivity index (χ3n) is 4.52. The van der Waals surface area contributed by atoms with Gasteiger partial charge in [0.15, 0.2) is 0 Å². The van der Waals surface area contributed by atoms with Crippen LogP contribution in [-0.2, 0) is 23.0 Å². The zero-order valence-corrected chi connectivity index (χ0v) is 18.5. The number of hydrogen-bond donors (Lipinski definition) is 0. The largest absolute Gasteiger partial charge is 1.00 e. The van der Waals surface area contributed by atoms with Crippen LogP contribution in [0.5, 0.6) is 0 Å². The Balaban J connectivity index is 0.00000312. The molecule has 0 heterocycles. The Hall–Kier alpha value is -0.390. The second kappa shape index (κ2) is 10.7. The molecule has 2 aromatic carbocycles. The second-order valence-electron chi connectivity index (χ2n) is 6.47. The van der Waals surface area contributed by atoms with Crippen molar-refractivity contribution in [2.75, 3.05) is 0 Å². The first-order valence-corrected chi connectivity index (χ1v) is 10.4. The molecule has 3 nitrogen and oxygen atoms in total. The second-order valence-corrected chi connectivity index (χ2v) is 7.81. The Morgan fingerprint density at radius 2 is 1.48 bits per heavy atom. The van der Waals surface area contributed by atoms with Crippen LogP contribution in [0, 0.1) is 0 Å². The summed E-state index contributed by atoms with van der Waals surface area (Å²) >= 11 is 0. The predicted octanol–water partition coefficient (Wildman–Crippen LogP) is 2.21. The average Bonchev–Trinajstić information content (AvgIpc) is 2.54. The molecule has 0 radical (unpaired) electrons. The number of unbranched alkanes of at least 4 members (excludes halogenated alkanes) is 4. The molecule has 0 fully saturated rings. The van der Waals surface area contributed by atoms with Gasteiger partial charge in [-0.2, -0.15) is 0 Å². The summed E-state index contributed by atoms with van der Waals surface area (Å²) in [5.41, 5.74) is 1.79. The number of hydrogen-bond acceptors (Lipinski definition) is 3. The van der Waals surface area contributed by atoms with E-state index < -0.39 is 10.1 Å². The van der Waals surface area contributed by atoms with E-state index in [0.29, 0.717) is 12.0 Å². The summed E-state index contributed by atoms with van der Waals surface area (Å²) in [6.07, 6.45) is 7.93.